The number of nitrogens with zero attached hydrogens (tertiary/aromatic N) is 4. The quantitative estimate of drug-likeness (QED) is 0.515. The van der Waals surface area contributed by atoms with Gasteiger partial charge in [0.15, 0.2) is 0 Å². The van der Waals surface area contributed by atoms with Crippen molar-refractivity contribution < 1.29 is 14.3 Å². The fraction of sp³-hybridized carbons (Fsp3) is 0.370. The number of aromatic nitrogens is 2. The monoisotopic (exact) mass is 475 g/mol. The van der Waals surface area contributed by atoms with Gasteiger partial charge >= 0.3 is 0 Å². The molecule has 2 heterocycles. The van der Waals surface area contributed by atoms with E-state index in [0.717, 1.165) is 30.8 Å². The smallest absolute Gasteiger partial charge is 0.261 e. The molecule has 8 nitrogen and oxygen atoms in total. The Morgan fingerprint density at radius 3 is 2.14 bits per heavy atom. The third-order valence-corrected chi connectivity index (χ3v) is 6.42. The van der Waals surface area contributed by atoms with Crippen molar-refractivity contribution >= 4 is 11.8 Å². The summed E-state index contributed by atoms with van der Waals surface area (Å²) in [5, 5.41) is 7.26. The van der Waals surface area contributed by atoms with Crippen LogP contribution in [0.5, 0.6) is 5.88 Å². The summed E-state index contributed by atoms with van der Waals surface area (Å²) in [7, 11) is 3.29. The number of amides is 2. The molecule has 0 spiro atoms. The largest absolute Gasteiger partial charge is 0.479 e. The van der Waals surface area contributed by atoms with Crippen molar-refractivity contribution in [1.29, 1.82) is 0 Å². The number of carbonyl (C=O) groups is 2. The molecular weight excluding hydrogens is 442 g/mol. The van der Waals surface area contributed by atoms with E-state index in [1.54, 1.807) is 17.9 Å². The van der Waals surface area contributed by atoms with Crippen LogP contribution in [0, 0.1) is 0 Å². The molecule has 2 aromatic carbocycles. The average Bonchev–Trinajstić information content (AvgIpc) is 3.29. The van der Waals surface area contributed by atoms with E-state index in [-0.39, 0.29) is 17.7 Å². The Morgan fingerprint density at radius 2 is 1.57 bits per heavy atom. The molecule has 0 bridgehead atoms. The van der Waals surface area contributed by atoms with Crippen LogP contribution in [0.15, 0.2) is 66.9 Å². The highest BCUT2D eigenvalue weighted by Crippen LogP contribution is 2.27. The molecular formula is C27H33N5O3. The Hall–Kier alpha value is -3.65. The number of rotatable bonds is 9. The molecule has 2 amide bonds. The number of carbonyl (C=O) groups excluding carboxylic acids is 2. The van der Waals surface area contributed by atoms with Crippen LogP contribution in [-0.2, 0) is 11.8 Å². The van der Waals surface area contributed by atoms with E-state index >= 15 is 0 Å². The first-order valence-electron chi connectivity index (χ1n) is 12.0. The number of methoxy groups -OCH3 is 1. The summed E-state index contributed by atoms with van der Waals surface area (Å²) < 4.78 is 6.82. The van der Waals surface area contributed by atoms with Gasteiger partial charge in [0.2, 0.25) is 11.8 Å². The number of piperazine rings is 1. The predicted octanol–water partition coefficient (Wildman–Crippen LogP) is 2.52. The number of ether oxygens (including phenoxy) is 1. The molecule has 8 heteroatoms. The lowest BCUT2D eigenvalue weighted by Gasteiger charge is -2.34. The molecule has 0 aliphatic carbocycles. The number of benzene rings is 2. The van der Waals surface area contributed by atoms with E-state index in [2.05, 4.69) is 39.6 Å². The Balaban J connectivity index is 1.24. The number of aryl methyl sites for hydroxylation is 1. The van der Waals surface area contributed by atoms with Gasteiger partial charge in [-0.2, -0.15) is 0 Å². The van der Waals surface area contributed by atoms with E-state index in [4.69, 9.17) is 4.74 Å². The first-order valence-corrected chi connectivity index (χ1v) is 12.0. The van der Waals surface area contributed by atoms with E-state index in [9.17, 15) is 9.59 Å². The maximum Gasteiger partial charge on any atom is 0.261 e. The third-order valence-electron chi connectivity index (χ3n) is 6.42. The minimum absolute atomic E-state index is 0.0245. The molecule has 0 unspecified atom stereocenters. The molecule has 1 aliphatic rings. The SMILES string of the molecule is COc1nn(C)cc1C(=O)N1CCN(CCNC(=O)CC(c2ccccc2)c2ccccc2)CC1. The summed E-state index contributed by atoms with van der Waals surface area (Å²) in [6.07, 6.45) is 2.10. The van der Waals surface area contributed by atoms with Crippen LogP contribution in [0.1, 0.15) is 33.8 Å². The Bertz CT molecular complexity index is 1070. The van der Waals surface area contributed by atoms with E-state index in [0.29, 0.717) is 37.5 Å². The fourth-order valence-corrected chi connectivity index (χ4v) is 4.52. The lowest BCUT2D eigenvalue weighted by atomic mass is 9.88. The van der Waals surface area contributed by atoms with Crippen molar-refractivity contribution in [3.63, 3.8) is 0 Å². The van der Waals surface area contributed by atoms with Crippen LogP contribution in [-0.4, -0.2) is 77.8 Å². The molecule has 1 saturated heterocycles. The maximum atomic E-state index is 12.9. The first-order chi connectivity index (χ1) is 17.0. The lowest BCUT2D eigenvalue weighted by Crippen LogP contribution is -2.50. The first kappa shape index (κ1) is 24.5. The summed E-state index contributed by atoms with van der Waals surface area (Å²) in [5.74, 6) is 0.360. The minimum atomic E-state index is -0.0595. The van der Waals surface area contributed by atoms with Gasteiger partial charge in [-0.3, -0.25) is 19.2 Å². The van der Waals surface area contributed by atoms with Crippen molar-refractivity contribution in [3.05, 3.63) is 83.6 Å². The number of hydrogen-bond acceptors (Lipinski definition) is 5. The molecule has 0 saturated carbocycles. The summed E-state index contributed by atoms with van der Waals surface area (Å²) in [6, 6.07) is 20.3. The zero-order valence-electron chi connectivity index (χ0n) is 20.4. The van der Waals surface area contributed by atoms with Gasteiger partial charge in [-0.15, -0.1) is 5.10 Å². The molecule has 4 rings (SSSR count). The summed E-state index contributed by atoms with van der Waals surface area (Å²) in [4.78, 5) is 29.8. The zero-order chi connectivity index (χ0) is 24.6. The summed E-state index contributed by atoms with van der Waals surface area (Å²) >= 11 is 0. The molecule has 3 aromatic rings. The van der Waals surface area contributed by atoms with E-state index in [1.165, 1.54) is 7.11 Å². The normalized spacial score (nSPS) is 14.2. The molecule has 0 atom stereocenters. The van der Waals surface area contributed by atoms with E-state index in [1.807, 2.05) is 41.3 Å². The van der Waals surface area contributed by atoms with Gasteiger partial charge in [0.05, 0.1) is 7.11 Å². The van der Waals surface area contributed by atoms with Crippen molar-refractivity contribution in [3.8, 4) is 5.88 Å². The van der Waals surface area contributed by atoms with Gasteiger partial charge in [-0.25, -0.2) is 0 Å². The molecule has 1 N–H and O–H groups in total. The van der Waals surface area contributed by atoms with Crippen LogP contribution >= 0.6 is 0 Å². The van der Waals surface area contributed by atoms with Crippen LogP contribution < -0.4 is 10.1 Å². The lowest BCUT2D eigenvalue weighted by molar-refractivity contribution is -0.121. The predicted molar refractivity (Wildman–Crippen MR) is 134 cm³/mol. The van der Waals surface area contributed by atoms with Gasteiger partial charge in [0, 0.05) is 64.9 Å². The molecule has 1 fully saturated rings. The molecule has 1 aromatic heterocycles. The zero-order valence-corrected chi connectivity index (χ0v) is 20.4. The van der Waals surface area contributed by atoms with Crippen molar-refractivity contribution in [2.75, 3.05) is 46.4 Å². The van der Waals surface area contributed by atoms with Gasteiger partial charge < -0.3 is 15.0 Å². The van der Waals surface area contributed by atoms with Gasteiger partial charge in [0.25, 0.3) is 5.91 Å². The Kier molecular flexibility index (Phi) is 8.15. The fourth-order valence-electron chi connectivity index (χ4n) is 4.52. The van der Waals surface area contributed by atoms with Gasteiger partial charge in [0.1, 0.15) is 5.56 Å². The molecule has 184 valence electrons. The third kappa shape index (κ3) is 6.27. The van der Waals surface area contributed by atoms with Crippen LogP contribution in [0.25, 0.3) is 0 Å². The number of nitrogens with one attached hydrogen (secondary N) is 1. The maximum absolute atomic E-state index is 12.9. The van der Waals surface area contributed by atoms with E-state index < -0.39 is 0 Å². The standard InChI is InChI=1S/C27H33N5O3/c1-30-20-24(26(29-30)35-2)27(34)32-17-15-31(16-18-32)14-13-28-25(33)19-23(21-9-5-3-6-10-21)22-11-7-4-8-12-22/h3-12,20,23H,13-19H2,1-2H3,(H,28,33). The highest BCUT2D eigenvalue weighted by Gasteiger charge is 2.26. The summed E-state index contributed by atoms with van der Waals surface area (Å²) in [6.45, 7) is 4.14. The second-order valence-electron chi connectivity index (χ2n) is 8.79. The molecule has 35 heavy (non-hydrogen) atoms. The van der Waals surface area contributed by atoms with Crippen LogP contribution in [0.3, 0.4) is 0 Å². The Labute approximate surface area is 206 Å². The number of hydrogen-bond donors (Lipinski definition) is 1. The van der Waals surface area contributed by atoms with Crippen molar-refractivity contribution in [2.45, 2.75) is 12.3 Å². The van der Waals surface area contributed by atoms with Crippen molar-refractivity contribution in [2.24, 2.45) is 7.05 Å². The van der Waals surface area contributed by atoms with Crippen LogP contribution in [0.2, 0.25) is 0 Å². The van der Waals surface area contributed by atoms with Gasteiger partial charge in [-0.1, -0.05) is 60.7 Å². The molecule has 1 aliphatic heterocycles. The topological polar surface area (TPSA) is 79.7 Å². The second kappa shape index (κ2) is 11.7. The second-order valence-corrected chi connectivity index (χ2v) is 8.79. The van der Waals surface area contributed by atoms with Crippen molar-refractivity contribution in [1.82, 2.24) is 24.9 Å². The minimum Gasteiger partial charge on any atom is -0.479 e. The highest BCUT2D eigenvalue weighted by atomic mass is 16.5. The average molecular weight is 476 g/mol. The van der Waals surface area contributed by atoms with Crippen LogP contribution in [0.4, 0.5) is 0 Å². The molecule has 0 radical (unpaired) electrons. The van der Waals surface area contributed by atoms with Gasteiger partial charge in [-0.05, 0) is 11.1 Å². The highest BCUT2D eigenvalue weighted by molar-refractivity contribution is 5.96. The Morgan fingerprint density at radius 1 is 0.971 bits per heavy atom. The summed E-state index contributed by atoms with van der Waals surface area (Å²) in [5.41, 5.74) is 2.77.